The van der Waals surface area contributed by atoms with Gasteiger partial charge in [0.2, 0.25) is 21.8 Å². The molecular formula is C15H19N3O4S2. The van der Waals surface area contributed by atoms with E-state index in [0.717, 1.165) is 4.90 Å². The average molecular weight is 369 g/mol. The van der Waals surface area contributed by atoms with E-state index in [0.29, 0.717) is 37.5 Å². The number of hydrogen-bond acceptors (Lipinski definition) is 5. The Hall–Kier alpha value is -1.58. The first-order chi connectivity index (χ1) is 11.4. The molecule has 2 heterocycles. The van der Waals surface area contributed by atoms with E-state index in [9.17, 15) is 18.0 Å². The van der Waals surface area contributed by atoms with Crippen molar-refractivity contribution in [3.05, 3.63) is 18.2 Å². The van der Waals surface area contributed by atoms with Gasteiger partial charge in [-0.05, 0) is 24.6 Å². The van der Waals surface area contributed by atoms with Crippen molar-refractivity contribution >= 4 is 39.3 Å². The number of carbonyl (C=O) groups is 2. The molecule has 130 valence electrons. The van der Waals surface area contributed by atoms with Gasteiger partial charge in [-0.2, -0.15) is 4.31 Å². The zero-order valence-electron chi connectivity index (χ0n) is 13.3. The fourth-order valence-corrected chi connectivity index (χ4v) is 5.11. The molecule has 1 N–H and O–H groups in total. The Morgan fingerprint density at radius 1 is 1.21 bits per heavy atom. The second-order valence-electron chi connectivity index (χ2n) is 5.76. The second-order valence-corrected chi connectivity index (χ2v) is 8.71. The SMILES string of the molecule is CC(=O)N1CCCN(S(=O)(=O)c2ccc3c(c2)NC(=O)CS3)CC1. The Balaban J connectivity index is 1.84. The lowest BCUT2D eigenvalue weighted by Gasteiger charge is -2.22. The van der Waals surface area contributed by atoms with Gasteiger partial charge < -0.3 is 10.2 Å². The number of sulfonamides is 1. The molecule has 1 saturated heterocycles. The topological polar surface area (TPSA) is 86.8 Å². The van der Waals surface area contributed by atoms with E-state index in [2.05, 4.69) is 5.32 Å². The van der Waals surface area contributed by atoms with Crippen LogP contribution in [0.5, 0.6) is 0 Å². The summed E-state index contributed by atoms with van der Waals surface area (Å²) in [5.74, 6) is 0.170. The minimum atomic E-state index is -3.65. The summed E-state index contributed by atoms with van der Waals surface area (Å²) in [4.78, 5) is 25.7. The Morgan fingerprint density at radius 3 is 2.75 bits per heavy atom. The van der Waals surface area contributed by atoms with Crippen LogP contribution in [0, 0.1) is 0 Å². The molecule has 0 aliphatic carbocycles. The molecule has 24 heavy (non-hydrogen) atoms. The van der Waals surface area contributed by atoms with E-state index in [1.807, 2.05) is 0 Å². The highest BCUT2D eigenvalue weighted by Gasteiger charge is 2.28. The van der Waals surface area contributed by atoms with Gasteiger partial charge >= 0.3 is 0 Å². The summed E-state index contributed by atoms with van der Waals surface area (Å²) in [5.41, 5.74) is 0.539. The van der Waals surface area contributed by atoms with Crippen molar-refractivity contribution in [2.45, 2.75) is 23.1 Å². The number of anilines is 1. The Bertz CT molecular complexity index is 779. The van der Waals surface area contributed by atoms with Gasteiger partial charge in [-0.3, -0.25) is 9.59 Å². The quantitative estimate of drug-likeness (QED) is 0.840. The van der Waals surface area contributed by atoms with Crippen LogP contribution in [0.25, 0.3) is 0 Å². The highest BCUT2D eigenvalue weighted by Crippen LogP contribution is 2.33. The molecule has 0 aromatic heterocycles. The maximum absolute atomic E-state index is 12.9. The number of nitrogens with zero attached hydrogens (tertiary/aromatic N) is 2. The van der Waals surface area contributed by atoms with Crippen LogP contribution in [0.2, 0.25) is 0 Å². The Labute approximate surface area is 145 Å². The van der Waals surface area contributed by atoms with E-state index >= 15 is 0 Å². The molecule has 0 atom stereocenters. The Morgan fingerprint density at radius 2 is 2.00 bits per heavy atom. The summed E-state index contributed by atoms with van der Waals surface area (Å²) in [7, 11) is -3.65. The minimum Gasteiger partial charge on any atom is -0.342 e. The molecule has 7 nitrogen and oxygen atoms in total. The van der Waals surface area contributed by atoms with Crippen molar-refractivity contribution in [1.29, 1.82) is 0 Å². The third-order valence-corrected chi connectivity index (χ3v) is 7.09. The molecule has 1 aromatic rings. The lowest BCUT2D eigenvalue weighted by Crippen LogP contribution is -2.36. The van der Waals surface area contributed by atoms with Crippen LogP contribution in [-0.4, -0.2) is 61.4 Å². The van der Waals surface area contributed by atoms with Gasteiger partial charge in [0.15, 0.2) is 0 Å². The predicted octanol–water partition coefficient (Wildman–Crippen LogP) is 0.974. The third kappa shape index (κ3) is 3.42. The smallest absolute Gasteiger partial charge is 0.243 e. The van der Waals surface area contributed by atoms with E-state index in [4.69, 9.17) is 0 Å². The maximum Gasteiger partial charge on any atom is 0.243 e. The van der Waals surface area contributed by atoms with E-state index in [-0.39, 0.29) is 23.3 Å². The summed E-state index contributed by atoms with van der Waals surface area (Å²) in [6.07, 6.45) is 0.607. The molecule has 0 spiro atoms. The van der Waals surface area contributed by atoms with Crippen LogP contribution in [0.1, 0.15) is 13.3 Å². The van der Waals surface area contributed by atoms with Crippen molar-refractivity contribution < 1.29 is 18.0 Å². The fourth-order valence-electron chi connectivity index (χ4n) is 2.82. The third-order valence-electron chi connectivity index (χ3n) is 4.12. The first-order valence-corrected chi connectivity index (χ1v) is 10.1. The van der Waals surface area contributed by atoms with Crippen LogP contribution >= 0.6 is 11.8 Å². The predicted molar refractivity (Wildman–Crippen MR) is 91.4 cm³/mol. The van der Waals surface area contributed by atoms with Crippen molar-refractivity contribution in [2.24, 2.45) is 0 Å². The van der Waals surface area contributed by atoms with Crippen molar-refractivity contribution in [2.75, 3.05) is 37.2 Å². The molecular weight excluding hydrogens is 350 g/mol. The second kappa shape index (κ2) is 6.73. The number of benzene rings is 1. The van der Waals surface area contributed by atoms with E-state index in [1.165, 1.54) is 29.1 Å². The molecule has 2 amide bonds. The van der Waals surface area contributed by atoms with Crippen LogP contribution in [0.4, 0.5) is 5.69 Å². The van der Waals surface area contributed by atoms with E-state index in [1.54, 1.807) is 17.0 Å². The number of fused-ring (bicyclic) bond motifs is 1. The molecule has 0 bridgehead atoms. The number of rotatable bonds is 2. The number of carbonyl (C=O) groups excluding carboxylic acids is 2. The summed E-state index contributed by atoms with van der Waals surface area (Å²) in [6.45, 7) is 3.11. The molecule has 1 aromatic carbocycles. The molecule has 2 aliphatic heterocycles. The van der Waals surface area contributed by atoms with Gasteiger partial charge in [-0.25, -0.2) is 8.42 Å². The molecule has 2 aliphatic rings. The van der Waals surface area contributed by atoms with Crippen LogP contribution < -0.4 is 5.32 Å². The number of thioether (sulfide) groups is 1. The van der Waals surface area contributed by atoms with Gasteiger partial charge in [-0.15, -0.1) is 11.8 Å². The largest absolute Gasteiger partial charge is 0.342 e. The Kier molecular flexibility index (Phi) is 4.84. The molecule has 1 fully saturated rings. The first kappa shape index (κ1) is 17.2. The number of nitrogens with one attached hydrogen (secondary N) is 1. The van der Waals surface area contributed by atoms with Gasteiger partial charge in [0.1, 0.15) is 0 Å². The number of amides is 2. The molecule has 0 radical (unpaired) electrons. The number of hydrogen-bond donors (Lipinski definition) is 1. The monoisotopic (exact) mass is 369 g/mol. The molecule has 0 saturated carbocycles. The molecule has 3 rings (SSSR count). The van der Waals surface area contributed by atoms with Crippen molar-refractivity contribution in [3.63, 3.8) is 0 Å². The summed E-state index contributed by atoms with van der Waals surface area (Å²) in [5, 5.41) is 2.71. The maximum atomic E-state index is 12.9. The van der Waals surface area contributed by atoms with Crippen molar-refractivity contribution in [1.82, 2.24) is 9.21 Å². The van der Waals surface area contributed by atoms with Gasteiger partial charge in [0.25, 0.3) is 0 Å². The van der Waals surface area contributed by atoms with Crippen LogP contribution in [0.15, 0.2) is 28.0 Å². The highest BCUT2D eigenvalue weighted by atomic mass is 32.2. The lowest BCUT2D eigenvalue weighted by atomic mass is 10.3. The zero-order chi connectivity index (χ0) is 17.3. The average Bonchev–Trinajstić information content (AvgIpc) is 2.80. The van der Waals surface area contributed by atoms with Crippen molar-refractivity contribution in [3.8, 4) is 0 Å². The highest BCUT2D eigenvalue weighted by molar-refractivity contribution is 8.00. The van der Waals surface area contributed by atoms with Crippen LogP contribution in [-0.2, 0) is 19.6 Å². The van der Waals surface area contributed by atoms with Gasteiger partial charge in [0, 0.05) is 38.0 Å². The summed E-state index contributed by atoms with van der Waals surface area (Å²) in [6, 6.07) is 4.82. The standard InChI is InChI=1S/C15H19N3O4S2/c1-11(19)17-5-2-6-18(8-7-17)24(21,22)12-3-4-14-13(9-12)16-15(20)10-23-14/h3-4,9H,2,5-8,10H2,1H3,(H,16,20). The van der Waals surface area contributed by atoms with Gasteiger partial charge in [0.05, 0.1) is 16.3 Å². The van der Waals surface area contributed by atoms with Gasteiger partial charge in [-0.1, -0.05) is 0 Å². The zero-order valence-corrected chi connectivity index (χ0v) is 15.0. The first-order valence-electron chi connectivity index (χ1n) is 7.70. The lowest BCUT2D eigenvalue weighted by molar-refractivity contribution is -0.128. The normalized spacial score (nSPS) is 19.4. The van der Waals surface area contributed by atoms with E-state index < -0.39 is 10.0 Å². The summed E-state index contributed by atoms with van der Waals surface area (Å²) < 4.78 is 27.2. The molecule has 0 unspecified atom stereocenters. The summed E-state index contributed by atoms with van der Waals surface area (Å²) >= 11 is 1.39. The van der Waals surface area contributed by atoms with Crippen LogP contribution in [0.3, 0.4) is 0 Å². The fraction of sp³-hybridized carbons (Fsp3) is 0.467. The minimum absolute atomic E-state index is 0.0391. The molecule has 9 heteroatoms.